The molecule has 168 valence electrons. The maximum Gasteiger partial charge on any atom is 0.270 e. The van der Waals surface area contributed by atoms with E-state index in [0.717, 1.165) is 35.0 Å². The molecular formula is C24H28ClN5O2. The summed E-state index contributed by atoms with van der Waals surface area (Å²) in [5, 5.41) is 3.66. The topological polar surface area (TPSA) is 70.0 Å². The van der Waals surface area contributed by atoms with Crippen molar-refractivity contribution in [3.8, 4) is 0 Å². The van der Waals surface area contributed by atoms with Crippen LogP contribution in [-0.2, 0) is 4.79 Å². The van der Waals surface area contributed by atoms with E-state index >= 15 is 0 Å². The molecular weight excluding hydrogens is 426 g/mol. The molecule has 0 bridgehead atoms. The Labute approximate surface area is 193 Å². The van der Waals surface area contributed by atoms with Gasteiger partial charge in [0.2, 0.25) is 5.91 Å². The van der Waals surface area contributed by atoms with E-state index in [1.807, 2.05) is 65.7 Å². The first-order chi connectivity index (χ1) is 15.4. The minimum Gasteiger partial charge on any atom is -0.368 e. The zero-order valence-corrected chi connectivity index (χ0v) is 19.2. The number of hydrogen-bond acceptors (Lipinski definition) is 4. The summed E-state index contributed by atoms with van der Waals surface area (Å²) in [6.45, 7) is 7.23. The number of carbonyl (C=O) groups excluding carboxylic acids is 2. The van der Waals surface area contributed by atoms with E-state index in [4.69, 9.17) is 11.6 Å². The van der Waals surface area contributed by atoms with E-state index in [1.54, 1.807) is 0 Å². The van der Waals surface area contributed by atoms with Gasteiger partial charge >= 0.3 is 0 Å². The third-order valence-corrected chi connectivity index (χ3v) is 6.13. The van der Waals surface area contributed by atoms with Crippen LogP contribution in [0.25, 0.3) is 5.65 Å². The Morgan fingerprint density at radius 2 is 1.88 bits per heavy atom. The number of benzene rings is 1. The van der Waals surface area contributed by atoms with Crippen LogP contribution in [0.2, 0.25) is 5.02 Å². The van der Waals surface area contributed by atoms with Gasteiger partial charge in [-0.1, -0.05) is 23.7 Å². The van der Waals surface area contributed by atoms with Crippen molar-refractivity contribution in [3.05, 3.63) is 64.6 Å². The number of pyridine rings is 1. The Morgan fingerprint density at radius 3 is 2.62 bits per heavy atom. The van der Waals surface area contributed by atoms with E-state index in [0.29, 0.717) is 43.9 Å². The van der Waals surface area contributed by atoms with Crippen molar-refractivity contribution in [3.63, 3.8) is 0 Å². The number of nitrogens with one attached hydrogen (secondary N) is 1. The lowest BCUT2D eigenvalue weighted by Gasteiger charge is -2.36. The monoisotopic (exact) mass is 453 g/mol. The number of fused-ring (bicyclic) bond motifs is 1. The number of imidazole rings is 1. The highest BCUT2D eigenvalue weighted by atomic mass is 35.5. The van der Waals surface area contributed by atoms with Crippen LogP contribution in [0.3, 0.4) is 0 Å². The highest BCUT2D eigenvalue weighted by Crippen LogP contribution is 2.21. The molecule has 3 aromatic rings. The number of halogens is 1. The minimum atomic E-state index is -0.164. The van der Waals surface area contributed by atoms with Crippen molar-refractivity contribution in [1.29, 1.82) is 0 Å². The molecule has 3 heterocycles. The second-order valence-corrected chi connectivity index (χ2v) is 8.57. The Hall–Kier alpha value is -3.06. The normalized spacial score (nSPS) is 14.1. The van der Waals surface area contributed by atoms with Gasteiger partial charge in [-0.25, -0.2) is 4.98 Å². The molecule has 0 spiro atoms. The number of rotatable bonds is 6. The van der Waals surface area contributed by atoms with Crippen molar-refractivity contribution in [2.45, 2.75) is 26.7 Å². The molecule has 0 radical (unpaired) electrons. The summed E-state index contributed by atoms with van der Waals surface area (Å²) < 4.78 is 1.82. The van der Waals surface area contributed by atoms with Crippen molar-refractivity contribution in [2.75, 3.05) is 37.6 Å². The molecule has 1 N–H and O–H groups in total. The van der Waals surface area contributed by atoms with Crippen LogP contribution in [0, 0.1) is 13.8 Å². The summed E-state index contributed by atoms with van der Waals surface area (Å²) in [6, 6.07) is 11.7. The maximum atomic E-state index is 12.7. The van der Waals surface area contributed by atoms with E-state index < -0.39 is 0 Å². The minimum absolute atomic E-state index is 0.131. The second kappa shape index (κ2) is 9.61. The Morgan fingerprint density at radius 1 is 1.09 bits per heavy atom. The average Bonchev–Trinajstić information content (AvgIpc) is 3.14. The molecule has 0 saturated carbocycles. The van der Waals surface area contributed by atoms with Gasteiger partial charge in [-0.15, -0.1) is 0 Å². The molecule has 1 aliphatic heterocycles. The Kier molecular flexibility index (Phi) is 6.65. The van der Waals surface area contributed by atoms with E-state index in [-0.39, 0.29) is 11.8 Å². The number of aromatic nitrogens is 2. The van der Waals surface area contributed by atoms with Crippen LogP contribution in [0.5, 0.6) is 0 Å². The smallest absolute Gasteiger partial charge is 0.270 e. The quantitative estimate of drug-likeness (QED) is 0.580. The van der Waals surface area contributed by atoms with E-state index in [1.165, 1.54) is 0 Å². The largest absolute Gasteiger partial charge is 0.368 e. The summed E-state index contributed by atoms with van der Waals surface area (Å²) in [5.41, 5.74) is 4.15. The van der Waals surface area contributed by atoms with E-state index in [9.17, 15) is 9.59 Å². The summed E-state index contributed by atoms with van der Waals surface area (Å²) in [6.07, 6.45) is 2.88. The zero-order valence-electron chi connectivity index (χ0n) is 18.5. The molecule has 1 saturated heterocycles. The number of aryl methyl sites for hydroxylation is 2. The van der Waals surface area contributed by atoms with Crippen LogP contribution in [-0.4, -0.2) is 58.8 Å². The molecule has 1 aromatic carbocycles. The van der Waals surface area contributed by atoms with Crippen LogP contribution in [0.15, 0.2) is 42.6 Å². The highest BCUT2D eigenvalue weighted by Gasteiger charge is 2.21. The Balaban J connectivity index is 1.23. The Bertz CT molecular complexity index is 1130. The number of nitrogens with zero attached hydrogens (tertiary/aromatic N) is 4. The lowest BCUT2D eigenvalue weighted by Crippen LogP contribution is -2.48. The molecule has 0 atom stereocenters. The molecule has 2 aromatic heterocycles. The molecule has 8 heteroatoms. The van der Waals surface area contributed by atoms with Gasteiger partial charge in [-0.3, -0.25) is 14.0 Å². The van der Waals surface area contributed by atoms with Crippen molar-refractivity contribution in [1.82, 2.24) is 19.6 Å². The fourth-order valence-electron chi connectivity index (χ4n) is 4.16. The van der Waals surface area contributed by atoms with Gasteiger partial charge in [0.25, 0.3) is 5.91 Å². The van der Waals surface area contributed by atoms with Crippen LogP contribution < -0.4 is 10.2 Å². The van der Waals surface area contributed by atoms with Crippen molar-refractivity contribution < 1.29 is 9.59 Å². The molecule has 1 aliphatic rings. The molecule has 2 amide bonds. The lowest BCUT2D eigenvalue weighted by atomic mass is 10.2. The average molecular weight is 454 g/mol. The highest BCUT2D eigenvalue weighted by molar-refractivity contribution is 6.30. The fraction of sp³-hybridized carbons (Fsp3) is 0.375. The molecule has 0 aliphatic carbocycles. The van der Waals surface area contributed by atoms with Gasteiger partial charge in [-0.2, -0.15) is 0 Å². The molecule has 1 fully saturated rings. The third kappa shape index (κ3) is 4.72. The number of carbonyl (C=O) groups is 2. The third-order valence-electron chi connectivity index (χ3n) is 5.89. The first-order valence-electron chi connectivity index (χ1n) is 10.9. The van der Waals surface area contributed by atoms with E-state index in [2.05, 4.69) is 15.2 Å². The number of anilines is 1. The number of amides is 2. The molecule has 4 rings (SSSR count). The first kappa shape index (κ1) is 22.1. The van der Waals surface area contributed by atoms with Crippen LogP contribution in [0.4, 0.5) is 5.69 Å². The van der Waals surface area contributed by atoms with Gasteiger partial charge in [0.1, 0.15) is 11.3 Å². The first-order valence-corrected chi connectivity index (χ1v) is 11.3. The van der Waals surface area contributed by atoms with Gasteiger partial charge < -0.3 is 15.1 Å². The standard InChI is InChI=1S/C24H28ClN5O2/c1-17-6-5-11-30-22(18(2)27-23(17)30)24(32)26-10-4-9-21(31)29-14-12-28(13-15-29)20-8-3-7-19(25)16-20/h3,5-8,11,16H,4,9-10,12-15H2,1-2H3,(H,26,32). The second-order valence-electron chi connectivity index (χ2n) is 8.14. The van der Waals surface area contributed by atoms with Crippen molar-refractivity contribution in [2.24, 2.45) is 0 Å². The molecule has 7 nitrogen and oxygen atoms in total. The van der Waals surface area contributed by atoms with Crippen LogP contribution in [0.1, 0.15) is 34.6 Å². The van der Waals surface area contributed by atoms with Gasteiger partial charge in [-0.05, 0) is 50.1 Å². The SMILES string of the molecule is Cc1nc2c(C)cccn2c1C(=O)NCCCC(=O)N1CCN(c2cccc(Cl)c2)CC1. The fourth-order valence-corrected chi connectivity index (χ4v) is 4.35. The summed E-state index contributed by atoms with van der Waals surface area (Å²) >= 11 is 6.09. The number of piperazine rings is 1. The summed E-state index contributed by atoms with van der Waals surface area (Å²) in [4.78, 5) is 34.0. The van der Waals surface area contributed by atoms with Crippen molar-refractivity contribution >= 4 is 34.7 Å². The van der Waals surface area contributed by atoms with Gasteiger partial charge in [0.05, 0.1) is 5.69 Å². The number of hydrogen-bond donors (Lipinski definition) is 1. The zero-order chi connectivity index (χ0) is 22.7. The van der Waals surface area contributed by atoms with Gasteiger partial charge in [0, 0.05) is 56.1 Å². The molecule has 32 heavy (non-hydrogen) atoms. The van der Waals surface area contributed by atoms with Gasteiger partial charge in [0.15, 0.2) is 0 Å². The summed E-state index contributed by atoms with van der Waals surface area (Å²) in [5.74, 6) is -0.0326. The maximum absolute atomic E-state index is 12.7. The summed E-state index contributed by atoms with van der Waals surface area (Å²) in [7, 11) is 0. The van der Waals surface area contributed by atoms with Crippen LogP contribution >= 0.6 is 11.6 Å². The lowest BCUT2D eigenvalue weighted by molar-refractivity contribution is -0.131. The molecule has 0 unspecified atom stereocenters. The predicted octanol–water partition coefficient (Wildman–Crippen LogP) is 3.46. The predicted molar refractivity (Wildman–Crippen MR) is 126 cm³/mol.